The summed E-state index contributed by atoms with van der Waals surface area (Å²) in [5, 5.41) is 8.79. The highest BCUT2D eigenvalue weighted by molar-refractivity contribution is 7.86. The maximum absolute atomic E-state index is 12.4. The molecule has 0 heterocycles. The molecule has 1 rings (SSSR count). The lowest BCUT2D eigenvalue weighted by Gasteiger charge is -2.39. The van der Waals surface area contributed by atoms with Gasteiger partial charge in [0.05, 0.1) is 0 Å². The van der Waals surface area contributed by atoms with Crippen LogP contribution in [0, 0.1) is 5.41 Å². The summed E-state index contributed by atoms with van der Waals surface area (Å²) in [6.07, 6.45) is 4.46. The Hall–Kier alpha value is -0.170. The standard InChI is InChI=1S/C13H28N2O3S/c1-13(2)8-6-12(7-9-13)15(4)19(17,18)14(3)10-5-11-16/h12,16H,5-11H2,1-4H3. The zero-order valence-corrected chi connectivity index (χ0v) is 13.4. The van der Waals surface area contributed by atoms with E-state index in [-0.39, 0.29) is 12.6 Å². The minimum Gasteiger partial charge on any atom is -0.396 e. The molecule has 114 valence electrons. The predicted octanol–water partition coefficient (Wildman–Crippen LogP) is 1.45. The van der Waals surface area contributed by atoms with Crippen molar-refractivity contribution in [3.63, 3.8) is 0 Å². The molecule has 1 aliphatic carbocycles. The second-order valence-electron chi connectivity index (χ2n) is 6.32. The van der Waals surface area contributed by atoms with Crippen LogP contribution >= 0.6 is 0 Å². The van der Waals surface area contributed by atoms with Gasteiger partial charge in [-0.3, -0.25) is 0 Å². The molecular weight excluding hydrogens is 264 g/mol. The molecule has 6 heteroatoms. The summed E-state index contributed by atoms with van der Waals surface area (Å²) >= 11 is 0. The first-order valence-corrected chi connectivity index (χ1v) is 8.40. The van der Waals surface area contributed by atoms with E-state index in [2.05, 4.69) is 13.8 Å². The minimum atomic E-state index is -3.39. The Kier molecular flexibility index (Phi) is 5.79. The van der Waals surface area contributed by atoms with Gasteiger partial charge in [-0.05, 0) is 37.5 Å². The van der Waals surface area contributed by atoms with Crippen molar-refractivity contribution in [2.75, 3.05) is 27.2 Å². The highest BCUT2D eigenvalue weighted by Gasteiger charge is 2.34. The SMILES string of the molecule is CN(CCCO)S(=O)(=O)N(C)C1CCC(C)(C)CC1. The third-order valence-corrected chi connectivity index (χ3v) is 6.21. The van der Waals surface area contributed by atoms with Gasteiger partial charge in [0.25, 0.3) is 10.2 Å². The van der Waals surface area contributed by atoms with Gasteiger partial charge in [-0.2, -0.15) is 17.0 Å². The summed E-state index contributed by atoms with van der Waals surface area (Å²) < 4.78 is 27.6. The van der Waals surface area contributed by atoms with Crippen molar-refractivity contribution in [1.29, 1.82) is 0 Å². The van der Waals surface area contributed by atoms with Crippen LogP contribution in [0.15, 0.2) is 0 Å². The Morgan fingerprint density at radius 2 is 1.74 bits per heavy atom. The summed E-state index contributed by atoms with van der Waals surface area (Å²) in [5.74, 6) is 0. The molecule has 0 aromatic rings. The van der Waals surface area contributed by atoms with Crippen molar-refractivity contribution >= 4 is 10.2 Å². The normalized spacial score (nSPS) is 21.2. The molecule has 19 heavy (non-hydrogen) atoms. The molecule has 0 saturated heterocycles. The first-order valence-electron chi connectivity index (χ1n) is 7.01. The summed E-state index contributed by atoms with van der Waals surface area (Å²) in [7, 11) is -0.141. The Morgan fingerprint density at radius 1 is 1.21 bits per heavy atom. The van der Waals surface area contributed by atoms with Crippen molar-refractivity contribution in [3.8, 4) is 0 Å². The fourth-order valence-corrected chi connectivity index (χ4v) is 3.95. The Bertz CT molecular complexity index is 371. The molecule has 0 bridgehead atoms. The summed E-state index contributed by atoms with van der Waals surface area (Å²) in [6.45, 7) is 4.86. The molecule has 1 fully saturated rings. The molecule has 1 saturated carbocycles. The zero-order chi connectivity index (χ0) is 14.7. The van der Waals surface area contributed by atoms with E-state index < -0.39 is 10.2 Å². The van der Waals surface area contributed by atoms with Gasteiger partial charge >= 0.3 is 0 Å². The van der Waals surface area contributed by atoms with E-state index in [1.807, 2.05) is 0 Å². The van der Waals surface area contributed by atoms with Crippen molar-refractivity contribution in [2.45, 2.75) is 52.0 Å². The quantitative estimate of drug-likeness (QED) is 0.806. The van der Waals surface area contributed by atoms with Crippen LogP contribution in [-0.4, -0.2) is 55.4 Å². The van der Waals surface area contributed by atoms with E-state index in [0.717, 1.165) is 25.7 Å². The van der Waals surface area contributed by atoms with Crippen LogP contribution < -0.4 is 0 Å². The molecule has 1 N–H and O–H groups in total. The van der Waals surface area contributed by atoms with Gasteiger partial charge in [-0.1, -0.05) is 13.8 Å². The summed E-state index contributed by atoms with van der Waals surface area (Å²) in [5.41, 5.74) is 0.337. The van der Waals surface area contributed by atoms with Gasteiger partial charge in [-0.15, -0.1) is 0 Å². The predicted molar refractivity (Wildman–Crippen MR) is 77.1 cm³/mol. The van der Waals surface area contributed by atoms with Gasteiger partial charge in [0.15, 0.2) is 0 Å². The number of hydrogen-bond acceptors (Lipinski definition) is 3. The van der Waals surface area contributed by atoms with Crippen LogP contribution in [0.25, 0.3) is 0 Å². The van der Waals surface area contributed by atoms with E-state index in [1.54, 1.807) is 14.1 Å². The largest absolute Gasteiger partial charge is 0.396 e. The van der Waals surface area contributed by atoms with Crippen LogP contribution in [0.5, 0.6) is 0 Å². The summed E-state index contributed by atoms with van der Waals surface area (Å²) in [4.78, 5) is 0. The number of aliphatic hydroxyl groups is 1. The number of hydrogen-bond donors (Lipinski definition) is 1. The lowest BCUT2D eigenvalue weighted by molar-refractivity contribution is 0.169. The Morgan fingerprint density at radius 3 is 2.21 bits per heavy atom. The highest BCUT2D eigenvalue weighted by Crippen LogP contribution is 2.37. The summed E-state index contributed by atoms with van der Waals surface area (Å²) in [6, 6.07) is 0.106. The zero-order valence-electron chi connectivity index (χ0n) is 12.6. The smallest absolute Gasteiger partial charge is 0.281 e. The first-order chi connectivity index (χ1) is 8.70. The average Bonchev–Trinajstić information content (AvgIpc) is 2.35. The van der Waals surface area contributed by atoms with E-state index in [1.165, 1.54) is 8.61 Å². The molecule has 0 radical (unpaired) electrons. The average molecular weight is 292 g/mol. The van der Waals surface area contributed by atoms with Crippen molar-refractivity contribution in [3.05, 3.63) is 0 Å². The molecule has 5 nitrogen and oxygen atoms in total. The van der Waals surface area contributed by atoms with Crippen molar-refractivity contribution in [1.82, 2.24) is 8.61 Å². The second kappa shape index (κ2) is 6.52. The molecular formula is C13H28N2O3S. The van der Waals surface area contributed by atoms with Crippen molar-refractivity contribution in [2.24, 2.45) is 5.41 Å². The second-order valence-corrected chi connectivity index (χ2v) is 8.41. The van der Waals surface area contributed by atoms with Crippen LogP contribution in [0.4, 0.5) is 0 Å². The molecule has 1 aliphatic rings. The Labute approximate surface area is 117 Å². The number of aliphatic hydroxyl groups excluding tert-OH is 1. The van der Waals surface area contributed by atoms with Crippen LogP contribution in [0.1, 0.15) is 46.0 Å². The monoisotopic (exact) mass is 292 g/mol. The van der Waals surface area contributed by atoms with E-state index in [9.17, 15) is 8.42 Å². The fourth-order valence-electron chi connectivity index (χ4n) is 2.56. The van der Waals surface area contributed by atoms with Crippen LogP contribution in [-0.2, 0) is 10.2 Å². The van der Waals surface area contributed by atoms with Crippen LogP contribution in [0.3, 0.4) is 0 Å². The van der Waals surface area contributed by atoms with Gasteiger partial charge in [0.2, 0.25) is 0 Å². The third-order valence-electron chi connectivity index (χ3n) is 4.21. The van der Waals surface area contributed by atoms with Crippen molar-refractivity contribution < 1.29 is 13.5 Å². The minimum absolute atomic E-state index is 0.0151. The van der Waals surface area contributed by atoms with E-state index >= 15 is 0 Å². The fraction of sp³-hybridized carbons (Fsp3) is 1.00. The number of nitrogens with zero attached hydrogens (tertiary/aromatic N) is 2. The van der Waals surface area contributed by atoms with Crippen LogP contribution in [0.2, 0.25) is 0 Å². The van der Waals surface area contributed by atoms with Gasteiger partial charge in [0.1, 0.15) is 0 Å². The molecule has 0 spiro atoms. The molecule has 0 aromatic carbocycles. The van der Waals surface area contributed by atoms with E-state index in [0.29, 0.717) is 18.4 Å². The number of rotatable bonds is 6. The highest BCUT2D eigenvalue weighted by atomic mass is 32.2. The molecule has 0 aliphatic heterocycles. The van der Waals surface area contributed by atoms with Gasteiger partial charge in [0, 0.05) is 33.3 Å². The maximum atomic E-state index is 12.4. The molecule has 0 aromatic heterocycles. The third kappa shape index (κ3) is 4.41. The molecule has 0 amide bonds. The maximum Gasteiger partial charge on any atom is 0.281 e. The van der Waals surface area contributed by atoms with Gasteiger partial charge in [-0.25, -0.2) is 0 Å². The topological polar surface area (TPSA) is 60.9 Å². The lowest BCUT2D eigenvalue weighted by atomic mass is 9.76. The molecule has 0 unspecified atom stereocenters. The first kappa shape index (κ1) is 16.9. The van der Waals surface area contributed by atoms with Gasteiger partial charge < -0.3 is 5.11 Å². The van der Waals surface area contributed by atoms with E-state index in [4.69, 9.17) is 5.11 Å². The Balaban J connectivity index is 2.63. The lowest BCUT2D eigenvalue weighted by Crippen LogP contribution is -2.47. The molecule has 0 atom stereocenters.